The number of sulfonamides is 1. The zero-order valence-electron chi connectivity index (χ0n) is 12.5. The lowest BCUT2D eigenvalue weighted by Gasteiger charge is -2.32. The molecule has 0 saturated carbocycles. The molecule has 21 heavy (non-hydrogen) atoms. The van der Waals surface area contributed by atoms with Crippen molar-refractivity contribution >= 4 is 21.6 Å². The maximum Gasteiger partial charge on any atom is 0.211 e. The Bertz CT molecular complexity index is 604. The largest absolute Gasteiger partial charge is 0.324 e. The third kappa shape index (κ3) is 4.42. The van der Waals surface area contributed by atoms with E-state index in [1.165, 1.54) is 6.26 Å². The van der Waals surface area contributed by atoms with E-state index >= 15 is 0 Å². The highest BCUT2D eigenvalue weighted by atomic mass is 35.5. The van der Waals surface area contributed by atoms with Crippen LogP contribution in [0.25, 0.3) is 0 Å². The molecule has 1 saturated heterocycles. The van der Waals surface area contributed by atoms with E-state index in [2.05, 4.69) is 0 Å². The maximum atomic E-state index is 11.7. The molecular formula is C15H23ClN2O2S. The lowest BCUT2D eigenvalue weighted by Crippen LogP contribution is -2.40. The van der Waals surface area contributed by atoms with Crippen LogP contribution in [0.5, 0.6) is 0 Å². The fourth-order valence-electron chi connectivity index (χ4n) is 2.94. The predicted octanol–water partition coefficient (Wildman–Crippen LogP) is 2.71. The molecule has 2 atom stereocenters. The van der Waals surface area contributed by atoms with Gasteiger partial charge in [0, 0.05) is 24.2 Å². The maximum absolute atomic E-state index is 11.7. The van der Waals surface area contributed by atoms with E-state index in [4.69, 9.17) is 17.3 Å². The van der Waals surface area contributed by atoms with E-state index in [-0.39, 0.29) is 6.04 Å². The molecule has 118 valence electrons. The summed E-state index contributed by atoms with van der Waals surface area (Å²) in [6.45, 7) is 3.18. The molecule has 2 N–H and O–H groups in total. The minimum atomic E-state index is -3.11. The van der Waals surface area contributed by atoms with Crippen molar-refractivity contribution in [3.05, 3.63) is 34.3 Å². The van der Waals surface area contributed by atoms with Crippen molar-refractivity contribution in [1.82, 2.24) is 4.31 Å². The Balaban J connectivity index is 2.03. The molecule has 1 fully saturated rings. The van der Waals surface area contributed by atoms with Crippen molar-refractivity contribution in [2.75, 3.05) is 19.3 Å². The molecule has 4 nitrogen and oxygen atoms in total. The van der Waals surface area contributed by atoms with Gasteiger partial charge in [0.05, 0.1) is 6.26 Å². The second-order valence-corrected chi connectivity index (χ2v) is 8.39. The SMILES string of the molecule is Cc1ccc(C(N)CC2CCCN(S(C)(=O)=O)C2)c(Cl)c1. The predicted molar refractivity (Wildman–Crippen MR) is 86.9 cm³/mol. The summed E-state index contributed by atoms with van der Waals surface area (Å²) in [6.07, 6.45) is 3.94. The van der Waals surface area contributed by atoms with Gasteiger partial charge < -0.3 is 5.73 Å². The molecule has 0 amide bonds. The van der Waals surface area contributed by atoms with Gasteiger partial charge in [-0.05, 0) is 49.3 Å². The normalized spacial score (nSPS) is 22.2. The van der Waals surface area contributed by atoms with Gasteiger partial charge in [0.25, 0.3) is 0 Å². The molecule has 2 unspecified atom stereocenters. The van der Waals surface area contributed by atoms with Crippen LogP contribution in [0.3, 0.4) is 0 Å². The highest BCUT2D eigenvalue weighted by Gasteiger charge is 2.27. The summed E-state index contributed by atoms with van der Waals surface area (Å²) in [6, 6.07) is 5.74. The van der Waals surface area contributed by atoms with Gasteiger partial charge in [-0.1, -0.05) is 23.7 Å². The Morgan fingerprint density at radius 1 is 1.48 bits per heavy atom. The number of hydrogen-bond donors (Lipinski definition) is 1. The average molecular weight is 331 g/mol. The van der Waals surface area contributed by atoms with E-state index in [9.17, 15) is 8.42 Å². The first-order valence-electron chi connectivity index (χ1n) is 7.24. The lowest BCUT2D eigenvalue weighted by molar-refractivity contribution is 0.247. The summed E-state index contributed by atoms with van der Waals surface area (Å²) in [5, 5.41) is 0.693. The summed E-state index contributed by atoms with van der Waals surface area (Å²) in [4.78, 5) is 0. The fourth-order valence-corrected chi connectivity index (χ4v) is 4.26. The standard InChI is InChI=1S/C15H23ClN2O2S/c1-11-5-6-13(14(16)8-11)15(17)9-12-4-3-7-18(10-12)21(2,19)20/h5-6,8,12,15H,3-4,7,9-10,17H2,1-2H3. The highest BCUT2D eigenvalue weighted by Crippen LogP contribution is 2.30. The number of nitrogens with zero attached hydrogens (tertiary/aromatic N) is 1. The molecule has 1 aromatic carbocycles. The van der Waals surface area contributed by atoms with Gasteiger partial charge >= 0.3 is 0 Å². The van der Waals surface area contributed by atoms with Gasteiger partial charge in [0.1, 0.15) is 0 Å². The molecule has 1 aliphatic rings. The highest BCUT2D eigenvalue weighted by molar-refractivity contribution is 7.88. The molecule has 1 heterocycles. The van der Waals surface area contributed by atoms with Crippen LogP contribution < -0.4 is 5.73 Å². The Morgan fingerprint density at radius 3 is 2.81 bits per heavy atom. The molecule has 1 aliphatic heterocycles. The number of piperidine rings is 1. The van der Waals surface area contributed by atoms with E-state index in [0.29, 0.717) is 24.0 Å². The molecule has 1 aromatic rings. The topological polar surface area (TPSA) is 63.4 Å². The third-order valence-electron chi connectivity index (χ3n) is 4.09. The van der Waals surface area contributed by atoms with Crippen LogP contribution in [0.15, 0.2) is 18.2 Å². The van der Waals surface area contributed by atoms with Gasteiger partial charge in [-0.15, -0.1) is 0 Å². The Labute approximate surface area is 132 Å². The summed E-state index contributed by atoms with van der Waals surface area (Å²) >= 11 is 6.26. The minimum Gasteiger partial charge on any atom is -0.324 e. The number of aryl methyl sites for hydroxylation is 1. The van der Waals surface area contributed by atoms with Crippen LogP contribution in [-0.4, -0.2) is 32.1 Å². The van der Waals surface area contributed by atoms with Crippen molar-refractivity contribution in [2.24, 2.45) is 11.7 Å². The summed E-state index contributed by atoms with van der Waals surface area (Å²) < 4.78 is 24.9. The number of hydrogen-bond acceptors (Lipinski definition) is 3. The van der Waals surface area contributed by atoms with Crippen molar-refractivity contribution in [3.63, 3.8) is 0 Å². The van der Waals surface area contributed by atoms with Gasteiger partial charge in [-0.2, -0.15) is 0 Å². The van der Waals surface area contributed by atoms with E-state index in [0.717, 1.165) is 30.4 Å². The molecule has 0 spiro atoms. The van der Waals surface area contributed by atoms with Crippen molar-refractivity contribution in [3.8, 4) is 0 Å². The first kappa shape index (κ1) is 16.7. The number of halogens is 1. The quantitative estimate of drug-likeness (QED) is 0.923. The van der Waals surface area contributed by atoms with Gasteiger partial charge in [0.15, 0.2) is 0 Å². The third-order valence-corrected chi connectivity index (χ3v) is 5.69. The van der Waals surface area contributed by atoms with Gasteiger partial charge in [0.2, 0.25) is 10.0 Å². The Kier molecular flexibility index (Phi) is 5.30. The molecular weight excluding hydrogens is 308 g/mol. The average Bonchev–Trinajstić information content (AvgIpc) is 2.37. The lowest BCUT2D eigenvalue weighted by atomic mass is 9.89. The molecule has 2 rings (SSSR count). The van der Waals surface area contributed by atoms with Crippen molar-refractivity contribution in [2.45, 2.75) is 32.2 Å². The van der Waals surface area contributed by atoms with E-state index in [1.807, 2.05) is 25.1 Å². The number of rotatable bonds is 4. The Morgan fingerprint density at radius 2 is 2.19 bits per heavy atom. The van der Waals surface area contributed by atoms with Gasteiger partial charge in [-0.3, -0.25) is 0 Å². The first-order valence-corrected chi connectivity index (χ1v) is 9.46. The van der Waals surface area contributed by atoms with Crippen molar-refractivity contribution in [1.29, 1.82) is 0 Å². The van der Waals surface area contributed by atoms with Crippen LogP contribution in [0.2, 0.25) is 5.02 Å². The second kappa shape index (κ2) is 6.65. The smallest absolute Gasteiger partial charge is 0.211 e. The summed E-state index contributed by atoms with van der Waals surface area (Å²) in [5.74, 6) is 0.292. The molecule has 6 heteroatoms. The molecule has 0 aromatic heterocycles. The van der Waals surface area contributed by atoms with Crippen LogP contribution in [-0.2, 0) is 10.0 Å². The van der Waals surface area contributed by atoms with Crippen LogP contribution >= 0.6 is 11.6 Å². The second-order valence-electron chi connectivity index (χ2n) is 6.00. The molecule has 0 bridgehead atoms. The summed E-state index contributed by atoms with van der Waals surface area (Å²) in [5.41, 5.74) is 8.33. The van der Waals surface area contributed by atoms with E-state index < -0.39 is 10.0 Å². The monoisotopic (exact) mass is 330 g/mol. The minimum absolute atomic E-state index is 0.150. The van der Waals surface area contributed by atoms with Gasteiger partial charge in [-0.25, -0.2) is 12.7 Å². The first-order chi connectivity index (χ1) is 9.77. The van der Waals surface area contributed by atoms with Crippen LogP contribution in [0.4, 0.5) is 0 Å². The summed E-state index contributed by atoms with van der Waals surface area (Å²) in [7, 11) is -3.11. The fraction of sp³-hybridized carbons (Fsp3) is 0.600. The van der Waals surface area contributed by atoms with E-state index in [1.54, 1.807) is 4.31 Å². The molecule has 0 radical (unpaired) electrons. The Hall–Kier alpha value is -0.620. The molecule has 0 aliphatic carbocycles. The van der Waals surface area contributed by atoms with Crippen LogP contribution in [0.1, 0.15) is 36.4 Å². The zero-order chi connectivity index (χ0) is 15.6. The number of benzene rings is 1. The zero-order valence-corrected chi connectivity index (χ0v) is 14.1. The van der Waals surface area contributed by atoms with Crippen LogP contribution in [0, 0.1) is 12.8 Å². The number of nitrogens with two attached hydrogens (primary N) is 1. The van der Waals surface area contributed by atoms with Crippen molar-refractivity contribution < 1.29 is 8.42 Å².